The van der Waals surface area contributed by atoms with E-state index in [4.69, 9.17) is 15.2 Å². The van der Waals surface area contributed by atoms with E-state index in [0.29, 0.717) is 23.7 Å². The second-order valence-corrected chi connectivity index (χ2v) is 3.95. The molecule has 1 atom stereocenters. The Morgan fingerprint density at radius 3 is 2.94 bits per heavy atom. The quantitative estimate of drug-likeness (QED) is 0.823. The first-order valence-electron chi connectivity index (χ1n) is 5.56. The topological polar surface area (TPSA) is 73.6 Å². The molecule has 2 rings (SSSR count). The lowest BCUT2D eigenvalue weighted by Crippen LogP contribution is -2.27. The summed E-state index contributed by atoms with van der Waals surface area (Å²) in [5, 5.41) is 2.79. The number of halogens is 1. The maximum Gasteiger partial charge on any atom is 0.253 e. The maximum absolute atomic E-state index is 11.8. The number of hydrogen-bond acceptors (Lipinski definition) is 4. The van der Waals surface area contributed by atoms with Crippen LogP contribution in [0.15, 0.2) is 18.2 Å². The van der Waals surface area contributed by atoms with Crippen molar-refractivity contribution in [3.05, 3.63) is 18.2 Å². The summed E-state index contributed by atoms with van der Waals surface area (Å²) >= 11 is 0. The zero-order valence-corrected chi connectivity index (χ0v) is 11.0. The Morgan fingerprint density at radius 1 is 1.56 bits per heavy atom. The van der Waals surface area contributed by atoms with Crippen molar-refractivity contribution < 1.29 is 14.3 Å². The number of nitrogens with one attached hydrogen (secondary N) is 1. The van der Waals surface area contributed by atoms with Gasteiger partial charge in [-0.25, -0.2) is 0 Å². The number of methoxy groups -OCH3 is 1. The van der Waals surface area contributed by atoms with Crippen molar-refractivity contribution in [1.29, 1.82) is 0 Å². The number of benzene rings is 1. The highest BCUT2D eigenvalue weighted by Gasteiger charge is 2.24. The number of carbonyl (C=O) groups excluding carboxylic acids is 1. The van der Waals surface area contributed by atoms with Gasteiger partial charge in [0, 0.05) is 18.4 Å². The van der Waals surface area contributed by atoms with Gasteiger partial charge in [0.2, 0.25) is 0 Å². The van der Waals surface area contributed by atoms with Crippen molar-refractivity contribution in [2.45, 2.75) is 18.9 Å². The molecule has 18 heavy (non-hydrogen) atoms. The van der Waals surface area contributed by atoms with Gasteiger partial charge in [0.15, 0.2) is 0 Å². The lowest BCUT2D eigenvalue weighted by Gasteiger charge is -2.13. The van der Waals surface area contributed by atoms with Crippen LogP contribution < -0.4 is 15.8 Å². The average Bonchev–Trinajstić information content (AvgIpc) is 2.85. The Hall–Kier alpha value is -1.46. The number of nitrogens with two attached hydrogens (primary N) is 1. The molecule has 1 amide bonds. The lowest BCUT2D eigenvalue weighted by molar-refractivity contribution is -0.124. The van der Waals surface area contributed by atoms with Crippen molar-refractivity contribution >= 4 is 29.7 Å². The number of carbonyl (C=O) groups is 1. The summed E-state index contributed by atoms with van der Waals surface area (Å²) < 4.78 is 10.5. The molecule has 1 aliphatic heterocycles. The van der Waals surface area contributed by atoms with Gasteiger partial charge >= 0.3 is 0 Å². The summed E-state index contributed by atoms with van der Waals surface area (Å²) in [6.45, 7) is 0.650. The fourth-order valence-electron chi connectivity index (χ4n) is 1.81. The van der Waals surface area contributed by atoms with Gasteiger partial charge in [-0.05, 0) is 25.0 Å². The lowest BCUT2D eigenvalue weighted by atomic mass is 10.2. The maximum atomic E-state index is 11.8. The fraction of sp³-hybridized carbons (Fsp3) is 0.417. The van der Waals surface area contributed by atoms with E-state index < -0.39 is 0 Å². The second kappa shape index (κ2) is 6.47. The smallest absolute Gasteiger partial charge is 0.253 e. The first-order chi connectivity index (χ1) is 8.20. The predicted molar refractivity (Wildman–Crippen MR) is 72.3 cm³/mol. The molecule has 100 valence electrons. The van der Waals surface area contributed by atoms with Gasteiger partial charge in [-0.15, -0.1) is 12.4 Å². The van der Waals surface area contributed by atoms with Gasteiger partial charge in [-0.1, -0.05) is 0 Å². The van der Waals surface area contributed by atoms with Gasteiger partial charge in [0.05, 0.1) is 12.8 Å². The minimum Gasteiger partial charge on any atom is -0.494 e. The Kier molecular flexibility index (Phi) is 5.25. The SMILES string of the molecule is COc1cc(N)ccc1NC(=O)C1CCCO1.Cl. The van der Waals surface area contributed by atoms with Crippen LogP contribution in [-0.4, -0.2) is 25.7 Å². The molecule has 1 heterocycles. The molecule has 1 fully saturated rings. The minimum atomic E-state index is -0.350. The van der Waals surface area contributed by atoms with Crippen LogP contribution in [0.5, 0.6) is 5.75 Å². The Labute approximate surface area is 112 Å². The molecule has 0 aromatic heterocycles. The monoisotopic (exact) mass is 272 g/mol. The van der Waals surface area contributed by atoms with E-state index in [-0.39, 0.29) is 24.4 Å². The van der Waals surface area contributed by atoms with Gasteiger partial charge in [-0.2, -0.15) is 0 Å². The largest absolute Gasteiger partial charge is 0.494 e. The molecule has 1 aromatic carbocycles. The van der Waals surface area contributed by atoms with Crippen LogP contribution in [0.25, 0.3) is 0 Å². The van der Waals surface area contributed by atoms with Crippen molar-refractivity contribution in [3.8, 4) is 5.75 Å². The van der Waals surface area contributed by atoms with Crippen LogP contribution in [-0.2, 0) is 9.53 Å². The van der Waals surface area contributed by atoms with Crippen molar-refractivity contribution in [2.24, 2.45) is 0 Å². The van der Waals surface area contributed by atoms with E-state index in [1.807, 2.05) is 0 Å². The number of anilines is 2. The van der Waals surface area contributed by atoms with Crippen LogP contribution >= 0.6 is 12.4 Å². The van der Waals surface area contributed by atoms with Crippen molar-refractivity contribution in [1.82, 2.24) is 0 Å². The molecule has 0 aliphatic carbocycles. The van der Waals surface area contributed by atoms with Crippen molar-refractivity contribution in [2.75, 3.05) is 24.8 Å². The summed E-state index contributed by atoms with van der Waals surface area (Å²) in [6.07, 6.45) is 1.34. The van der Waals surface area contributed by atoms with E-state index in [0.717, 1.165) is 12.8 Å². The highest BCUT2D eigenvalue weighted by atomic mass is 35.5. The number of rotatable bonds is 3. The Morgan fingerprint density at radius 2 is 2.33 bits per heavy atom. The first-order valence-corrected chi connectivity index (χ1v) is 5.56. The minimum absolute atomic E-state index is 0. The summed E-state index contributed by atoms with van der Waals surface area (Å²) in [6, 6.07) is 5.11. The summed E-state index contributed by atoms with van der Waals surface area (Å²) in [5.41, 5.74) is 6.85. The molecular formula is C12H17ClN2O3. The molecule has 6 heteroatoms. The zero-order valence-electron chi connectivity index (χ0n) is 10.1. The van der Waals surface area contributed by atoms with Crippen LogP contribution in [0.4, 0.5) is 11.4 Å². The van der Waals surface area contributed by atoms with Crippen LogP contribution in [0, 0.1) is 0 Å². The van der Waals surface area contributed by atoms with E-state index in [1.165, 1.54) is 7.11 Å². The molecular weight excluding hydrogens is 256 g/mol. The molecule has 0 radical (unpaired) electrons. The highest BCUT2D eigenvalue weighted by molar-refractivity contribution is 5.95. The van der Waals surface area contributed by atoms with Gasteiger partial charge in [0.25, 0.3) is 5.91 Å². The van der Waals surface area contributed by atoms with Crippen LogP contribution in [0.2, 0.25) is 0 Å². The van der Waals surface area contributed by atoms with Crippen molar-refractivity contribution in [3.63, 3.8) is 0 Å². The standard InChI is InChI=1S/C12H16N2O3.ClH/c1-16-11-7-8(13)4-5-9(11)14-12(15)10-3-2-6-17-10;/h4-5,7,10H,2-3,6,13H2,1H3,(H,14,15);1H. The molecule has 1 aromatic rings. The number of hydrogen-bond donors (Lipinski definition) is 2. The van der Waals surface area contributed by atoms with E-state index in [1.54, 1.807) is 18.2 Å². The van der Waals surface area contributed by atoms with Crippen LogP contribution in [0.3, 0.4) is 0 Å². The Bertz CT molecular complexity index is 420. The average molecular weight is 273 g/mol. The molecule has 0 spiro atoms. The summed E-state index contributed by atoms with van der Waals surface area (Å²) in [7, 11) is 1.54. The predicted octanol–water partition coefficient (Wildman–Crippen LogP) is 1.82. The Balaban J connectivity index is 0.00000162. The molecule has 5 nitrogen and oxygen atoms in total. The van der Waals surface area contributed by atoms with Gasteiger partial charge in [0.1, 0.15) is 11.9 Å². The molecule has 1 aliphatic rings. The third kappa shape index (κ3) is 3.27. The van der Waals surface area contributed by atoms with E-state index in [2.05, 4.69) is 5.32 Å². The third-order valence-corrected chi connectivity index (χ3v) is 2.71. The number of ether oxygens (including phenoxy) is 2. The highest BCUT2D eigenvalue weighted by Crippen LogP contribution is 2.27. The zero-order chi connectivity index (χ0) is 12.3. The summed E-state index contributed by atoms with van der Waals surface area (Å²) in [4.78, 5) is 11.8. The van der Waals surface area contributed by atoms with E-state index >= 15 is 0 Å². The summed E-state index contributed by atoms with van der Waals surface area (Å²) in [5.74, 6) is 0.418. The second-order valence-electron chi connectivity index (χ2n) is 3.95. The molecule has 1 saturated heterocycles. The number of amides is 1. The van der Waals surface area contributed by atoms with Gasteiger partial charge in [-0.3, -0.25) is 4.79 Å². The normalized spacial score (nSPS) is 17.9. The molecule has 3 N–H and O–H groups in total. The number of nitrogen functional groups attached to an aromatic ring is 1. The first kappa shape index (κ1) is 14.6. The molecule has 1 unspecified atom stereocenters. The third-order valence-electron chi connectivity index (χ3n) is 2.71. The van der Waals surface area contributed by atoms with Gasteiger partial charge < -0.3 is 20.5 Å². The molecule has 0 saturated carbocycles. The van der Waals surface area contributed by atoms with E-state index in [9.17, 15) is 4.79 Å². The van der Waals surface area contributed by atoms with Crippen LogP contribution in [0.1, 0.15) is 12.8 Å². The molecule has 0 bridgehead atoms. The fourth-order valence-corrected chi connectivity index (χ4v) is 1.81.